The number of ether oxygens (including phenoxy) is 1. The number of carbonyl (C=O) groups is 2. The molecule has 3 rings (SSSR count). The lowest BCUT2D eigenvalue weighted by Crippen LogP contribution is -2.28. The number of nitrogens with zero attached hydrogens (tertiary/aromatic N) is 2. The summed E-state index contributed by atoms with van der Waals surface area (Å²) in [4.78, 5) is 26.5. The van der Waals surface area contributed by atoms with Crippen molar-refractivity contribution < 1.29 is 14.3 Å². The molecular weight excluding hydrogens is 396 g/mol. The quantitative estimate of drug-likeness (QED) is 0.534. The molecule has 0 spiro atoms. The highest BCUT2D eigenvalue weighted by Crippen LogP contribution is 2.23. The van der Waals surface area contributed by atoms with Gasteiger partial charge < -0.3 is 15.4 Å². The van der Waals surface area contributed by atoms with Crippen molar-refractivity contribution in [3.8, 4) is 5.75 Å². The van der Waals surface area contributed by atoms with Crippen molar-refractivity contribution in [2.24, 2.45) is 10.2 Å². The number of amidine groups is 1. The minimum absolute atomic E-state index is 0.0521. The second-order valence-corrected chi connectivity index (χ2v) is 8.41. The number of anilines is 1. The lowest BCUT2D eigenvalue weighted by molar-refractivity contribution is -0.122. The molecule has 1 aromatic carbocycles. The van der Waals surface area contributed by atoms with Gasteiger partial charge >= 0.3 is 0 Å². The average molecular weight is 417 g/mol. The highest BCUT2D eigenvalue weighted by Gasteiger charge is 2.32. The van der Waals surface area contributed by atoms with E-state index >= 15 is 0 Å². The van der Waals surface area contributed by atoms with Crippen LogP contribution in [0.5, 0.6) is 5.75 Å². The largest absolute Gasteiger partial charge is 0.494 e. The Morgan fingerprint density at radius 1 is 1.29 bits per heavy atom. The molecule has 2 aromatic rings. The number of rotatable bonds is 7. The zero-order valence-corrected chi connectivity index (χ0v) is 17.1. The number of hydrogen-bond acceptors (Lipinski definition) is 7. The summed E-state index contributed by atoms with van der Waals surface area (Å²) in [6, 6.07) is 11.1. The van der Waals surface area contributed by atoms with Gasteiger partial charge in [-0.25, -0.2) is 0 Å². The van der Waals surface area contributed by atoms with Crippen molar-refractivity contribution in [1.29, 1.82) is 0 Å². The van der Waals surface area contributed by atoms with E-state index in [1.165, 1.54) is 16.6 Å². The van der Waals surface area contributed by atoms with Crippen LogP contribution in [0.15, 0.2) is 46.6 Å². The molecule has 0 aliphatic carbocycles. The van der Waals surface area contributed by atoms with Gasteiger partial charge in [-0.3, -0.25) is 9.59 Å². The smallest absolute Gasteiger partial charge is 0.240 e. The molecule has 7 nitrogen and oxygen atoms in total. The monoisotopic (exact) mass is 416 g/mol. The summed E-state index contributed by atoms with van der Waals surface area (Å²) in [5.41, 5.74) is 0.654. The van der Waals surface area contributed by atoms with Gasteiger partial charge in [-0.2, -0.15) is 5.10 Å². The molecule has 2 heterocycles. The van der Waals surface area contributed by atoms with E-state index in [0.29, 0.717) is 17.5 Å². The Morgan fingerprint density at radius 2 is 2.07 bits per heavy atom. The van der Waals surface area contributed by atoms with Crippen molar-refractivity contribution in [2.45, 2.75) is 25.5 Å². The summed E-state index contributed by atoms with van der Waals surface area (Å²) in [6.07, 6.45) is 1.69. The second-order valence-electron chi connectivity index (χ2n) is 5.90. The second kappa shape index (κ2) is 9.52. The van der Waals surface area contributed by atoms with Crippen molar-refractivity contribution in [3.05, 3.63) is 46.2 Å². The number of aryl methyl sites for hydroxylation is 1. The molecule has 1 saturated heterocycles. The van der Waals surface area contributed by atoms with Gasteiger partial charge in [-0.15, -0.1) is 16.4 Å². The van der Waals surface area contributed by atoms with Gasteiger partial charge in [0.05, 0.1) is 12.8 Å². The van der Waals surface area contributed by atoms with Crippen molar-refractivity contribution in [2.75, 3.05) is 11.9 Å². The van der Waals surface area contributed by atoms with Gasteiger partial charge in [0.15, 0.2) is 5.17 Å². The van der Waals surface area contributed by atoms with Crippen LogP contribution in [0, 0.1) is 6.92 Å². The fourth-order valence-electron chi connectivity index (χ4n) is 2.43. The molecule has 146 valence electrons. The molecule has 1 aliphatic heterocycles. The van der Waals surface area contributed by atoms with E-state index in [2.05, 4.69) is 20.8 Å². The SMILES string of the molecule is CCOc1ccc(NC(=O)C[C@H]2S/C(=N/N=C\c3ccc(C)s3)NC2=O)cc1. The number of amides is 2. The van der Waals surface area contributed by atoms with E-state index in [1.807, 2.05) is 26.0 Å². The Hall–Kier alpha value is -2.65. The van der Waals surface area contributed by atoms with Crippen LogP contribution in [0.1, 0.15) is 23.1 Å². The predicted molar refractivity (Wildman–Crippen MR) is 114 cm³/mol. The van der Waals surface area contributed by atoms with Crippen LogP contribution in [-0.2, 0) is 9.59 Å². The Balaban J connectivity index is 1.51. The van der Waals surface area contributed by atoms with E-state index in [9.17, 15) is 9.59 Å². The summed E-state index contributed by atoms with van der Waals surface area (Å²) < 4.78 is 5.37. The number of thiophene rings is 1. The molecule has 0 radical (unpaired) electrons. The highest BCUT2D eigenvalue weighted by molar-refractivity contribution is 8.15. The highest BCUT2D eigenvalue weighted by atomic mass is 32.2. The lowest BCUT2D eigenvalue weighted by Gasteiger charge is -2.08. The van der Waals surface area contributed by atoms with Crippen LogP contribution >= 0.6 is 23.1 Å². The van der Waals surface area contributed by atoms with Crippen molar-refractivity contribution >= 4 is 52.0 Å². The minimum Gasteiger partial charge on any atom is -0.494 e. The van der Waals surface area contributed by atoms with Gasteiger partial charge in [0.2, 0.25) is 11.8 Å². The number of hydrogen-bond donors (Lipinski definition) is 2. The summed E-state index contributed by atoms with van der Waals surface area (Å²) in [7, 11) is 0. The van der Waals surface area contributed by atoms with Gasteiger partial charge in [0, 0.05) is 21.9 Å². The fourth-order valence-corrected chi connectivity index (χ4v) is 4.10. The molecular formula is C19H20N4O3S2. The van der Waals surface area contributed by atoms with Gasteiger partial charge in [0.1, 0.15) is 11.0 Å². The van der Waals surface area contributed by atoms with Crippen molar-refractivity contribution in [1.82, 2.24) is 5.32 Å². The summed E-state index contributed by atoms with van der Waals surface area (Å²) in [5, 5.41) is 13.3. The first kappa shape index (κ1) is 20.1. The maximum absolute atomic E-state index is 12.2. The molecule has 28 heavy (non-hydrogen) atoms. The predicted octanol–water partition coefficient (Wildman–Crippen LogP) is 3.41. The number of benzene rings is 1. The number of nitrogens with one attached hydrogen (secondary N) is 2. The molecule has 0 bridgehead atoms. The standard InChI is InChI=1S/C19H20N4O3S2/c1-3-26-14-7-5-13(6-8-14)21-17(24)10-16-18(25)22-19(28-16)23-20-11-15-9-4-12(2)27-15/h4-9,11,16H,3,10H2,1-2H3,(H,21,24)(H,22,23,25)/b20-11-/t16-/m1/s1. The zero-order chi connectivity index (χ0) is 19.9. The Labute approximate surface area is 171 Å². The molecule has 1 aliphatic rings. The first-order valence-corrected chi connectivity index (χ1v) is 10.4. The van der Waals surface area contributed by atoms with Crippen LogP contribution < -0.4 is 15.4 Å². The third-order valence-corrected chi connectivity index (χ3v) is 5.70. The van der Waals surface area contributed by atoms with Gasteiger partial charge in [-0.1, -0.05) is 11.8 Å². The molecule has 1 atom stereocenters. The maximum atomic E-state index is 12.2. The van der Waals surface area contributed by atoms with E-state index in [0.717, 1.165) is 10.6 Å². The van der Waals surface area contributed by atoms with Crippen molar-refractivity contribution in [3.63, 3.8) is 0 Å². The van der Waals surface area contributed by atoms with E-state index in [-0.39, 0.29) is 18.2 Å². The molecule has 2 N–H and O–H groups in total. The molecule has 1 aromatic heterocycles. The van der Waals surface area contributed by atoms with Crippen LogP contribution in [0.2, 0.25) is 0 Å². The number of carbonyl (C=O) groups excluding carboxylic acids is 2. The first-order valence-electron chi connectivity index (χ1n) is 8.71. The van der Waals surface area contributed by atoms with E-state index < -0.39 is 5.25 Å². The van der Waals surface area contributed by atoms with Crippen LogP contribution in [0.25, 0.3) is 0 Å². The van der Waals surface area contributed by atoms with Gasteiger partial charge in [0.25, 0.3) is 0 Å². The molecule has 0 unspecified atom stereocenters. The minimum atomic E-state index is -0.527. The van der Waals surface area contributed by atoms with E-state index in [1.54, 1.807) is 41.8 Å². The first-order chi connectivity index (χ1) is 13.5. The third-order valence-electron chi connectivity index (χ3n) is 3.69. The molecule has 2 amide bonds. The lowest BCUT2D eigenvalue weighted by atomic mass is 10.2. The van der Waals surface area contributed by atoms with Gasteiger partial charge in [-0.05, 0) is 50.2 Å². The Kier molecular flexibility index (Phi) is 6.83. The third kappa shape index (κ3) is 5.67. The van der Waals surface area contributed by atoms with E-state index in [4.69, 9.17) is 4.74 Å². The summed E-state index contributed by atoms with van der Waals surface area (Å²) >= 11 is 2.82. The molecule has 1 fully saturated rings. The summed E-state index contributed by atoms with van der Waals surface area (Å²) in [5.74, 6) is 0.258. The topological polar surface area (TPSA) is 92.2 Å². The zero-order valence-electron chi connectivity index (χ0n) is 15.5. The molecule has 9 heteroatoms. The Bertz CT molecular complexity index is 906. The fraction of sp³-hybridized carbons (Fsp3) is 0.263. The normalized spacial score (nSPS) is 17.9. The summed E-state index contributed by atoms with van der Waals surface area (Å²) in [6.45, 7) is 4.51. The van der Waals surface area contributed by atoms with Crippen LogP contribution in [-0.4, -0.2) is 35.1 Å². The average Bonchev–Trinajstić information content (AvgIpc) is 3.22. The maximum Gasteiger partial charge on any atom is 0.240 e. The molecule has 0 saturated carbocycles. The van der Waals surface area contributed by atoms with Crippen LogP contribution in [0.4, 0.5) is 5.69 Å². The number of thioether (sulfide) groups is 1. The van der Waals surface area contributed by atoms with Crippen LogP contribution in [0.3, 0.4) is 0 Å². The Morgan fingerprint density at radius 3 is 2.75 bits per heavy atom.